The van der Waals surface area contributed by atoms with Crippen LogP contribution in [0.5, 0.6) is 0 Å². The Labute approximate surface area is 146 Å². The van der Waals surface area contributed by atoms with Crippen LogP contribution in [0.4, 0.5) is 0 Å². The molecular weight excluding hydrogens is 399 g/mol. The number of nitrogens with zero attached hydrogens (tertiary/aromatic N) is 4. The smallest absolute Gasteiger partial charge is 0.191 e. The summed E-state index contributed by atoms with van der Waals surface area (Å²) in [6.45, 7) is 5.43. The van der Waals surface area contributed by atoms with E-state index in [9.17, 15) is 0 Å². The number of halogens is 1. The molecule has 2 rings (SSSR count). The number of guanidine groups is 1. The highest BCUT2D eigenvalue weighted by Crippen LogP contribution is 2.16. The third kappa shape index (κ3) is 4.95. The minimum Gasteiger partial charge on any atom is -0.351 e. The first-order valence-corrected chi connectivity index (χ1v) is 7.25. The van der Waals surface area contributed by atoms with E-state index in [1.807, 2.05) is 31.7 Å². The normalized spacial score (nSPS) is 11.1. The second kappa shape index (κ2) is 8.32. The molecule has 21 heavy (non-hydrogen) atoms. The zero-order valence-corrected chi connectivity index (χ0v) is 15.8. The second-order valence-electron chi connectivity index (χ2n) is 4.48. The molecule has 8 heteroatoms. The topological polar surface area (TPSA) is 67.1 Å². The maximum atomic E-state index is 4.42. The summed E-state index contributed by atoms with van der Waals surface area (Å²) in [6.07, 6.45) is 3.72. The first-order valence-electron chi connectivity index (χ1n) is 6.43. The molecule has 0 aliphatic heterocycles. The van der Waals surface area contributed by atoms with Crippen LogP contribution in [0, 0.1) is 13.8 Å². The number of hydrogen-bond donors (Lipinski definition) is 2. The molecule has 2 heterocycles. The van der Waals surface area contributed by atoms with E-state index in [1.54, 1.807) is 24.6 Å². The summed E-state index contributed by atoms with van der Waals surface area (Å²) in [5.74, 6) is 1.73. The maximum Gasteiger partial charge on any atom is 0.191 e. The highest BCUT2D eigenvalue weighted by Gasteiger charge is 2.06. The fourth-order valence-electron chi connectivity index (χ4n) is 1.85. The Morgan fingerprint density at radius 2 is 2.05 bits per heavy atom. The van der Waals surface area contributed by atoms with Crippen molar-refractivity contribution >= 4 is 41.3 Å². The minimum atomic E-state index is 0. The summed E-state index contributed by atoms with van der Waals surface area (Å²) in [5.41, 5.74) is 1.08. The average molecular weight is 420 g/mol. The van der Waals surface area contributed by atoms with Crippen molar-refractivity contribution in [3.63, 3.8) is 0 Å². The molecule has 2 aromatic rings. The van der Waals surface area contributed by atoms with Crippen LogP contribution in [0.25, 0.3) is 0 Å². The first-order chi connectivity index (χ1) is 9.60. The van der Waals surface area contributed by atoms with Gasteiger partial charge in [-0.15, -0.1) is 35.3 Å². The van der Waals surface area contributed by atoms with E-state index in [4.69, 9.17) is 0 Å². The van der Waals surface area contributed by atoms with Crippen LogP contribution in [-0.2, 0) is 20.1 Å². The standard InChI is InChI=1S/C13H20N6S.HI/c1-9-11(20-10(2)18-9)7-16-13(14-3)17-8-12-15-5-6-19(12)4;/h5-6H,7-8H2,1-4H3,(H2,14,16,17);1H. The molecule has 2 N–H and O–H groups in total. The number of imidazole rings is 1. The molecule has 0 atom stereocenters. The van der Waals surface area contributed by atoms with Crippen LogP contribution in [0.3, 0.4) is 0 Å². The Balaban J connectivity index is 0.00000220. The molecule has 0 bridgehead atoms. The van der Waals surface area contributed by atoms with E-state index in [0.717, 1.165) is 29.0 Å². The largest absolute Gasteiger partial charge is 0.351 e. The lowest BCUT2D eigenvalue weighted by Crippen LogP contribution is -2.36. The lowest BCUT2D eigenvalue weighted by molar-refractivity contribution is 0.728. The van der Waals surface area contributed by atoms with Gasteiger partial charge in [0, 0.05) is 31.4 Å². The van der Waals surface area contributed by atoms with Crippen molar-refractivity contribution in [1.82, 2.24) is 25.2 Å². The maximum absolute atomic E-state index is 4.42. The van der Waals surface area contributed by atoms with Gasteiger partial charge in [0.15, 0.2) is 5.96 Å². The predicted molar refractivity (Wildman–Crippen MR) is 97.2 cm³/mol. The quantitative estimate of drug-likeness (QED) is 0.451. The molecule has 0 fully saturated rings. The first kappa shape index (κ1) is 17.9. The van der Waals surface area contributed by atoms with Gasteiger partial charge < -0.3 is 15.2 Å². The molecule has 0 aromatic carbocycles. The van der Waals surface area contributed by atoms with Gasteiger partial charge in [0.25, 0.3) is 0 Å². The van der Waals surface area contributed by atoms with Gasteiger partial charge in [-0.05, 0) is 13.8 Å². The number of aromatic nitrogens is 3. The van der Waals surface area contributed by atoms with Gasteiger partial charge in [-0.2, -0.15) is 0 Å². The summed E-state index contributed by atoms with van der Waals surface area (Å²) >= 11 is 1.71. The SMILES string of the molecule is CN=C(NCc1sc(C)nc1C)NCc1nccn1C.I. The van der Waals surface area contributed by atoms with Crippen LogP contribution in [0.15, 0.2) is 17.4 Å². The Bertz CT molecular complexity index is 604. The Hall–Kier alpha value is -1.16. The van der Waals surface area contributed by atoms with Crippen molar-refractivity contribution in [2.24, 2.45) is 12.0 Å². The Morgan fingerprint density at radius 3 is 2.57 bits per heavy atom. The van der Waals surface area contributed by atoms with Crippen LogP contribution in [-0.4, -0.2) is 27.5 Å². The van der Waals surface area contributed by atoms with Gasteiger partial charge in [0.1, 0.15) is 5.82 Å². The molecule has 0 saturated heterocycles. The van der Waals surface area contributed by atoms with E-state index >= 15 is 0 Å². The van der Waals surface area contributed by atoms with Gasteiger partial charge in [0.2, 0.25) is 0 Å². The molecule has 0 radical (unpaired) electrons. The van der Waals surface area contributed by atoms with Gasteiger partial charge in [-0.3, -0.25) is 4.99 Å². The highest BCUT2D eigenvalue weighted by molar-refractivity contribution is 14.0. The lowest BCUT2D eigenvalue weighted by Gasteiger charge is -2.11. The van der Waals surface area contributed by atoms with Crippen molar-refractivity contribution in [2.75, 3.05) is 7.05 Å². The molecule has 0 unspecified atom stereocenters. The van der Waals surface area contributed by atoms with Crippen LogP contribution >= 0.6 is 35.3 Å². The highest BCUT2D eigenvalue weighted by atomic mass is 127. The predicted octanol–water partition coefficient (Wildman–Crippen LogP) is 1.98. The molecule has 116 valence electrons. The van der Waals surface area contributed by atoms with Crippen LogP contribution < -0.4 is 10.6 Å². The van der Waals surface area contributed by atoms with Crippen molar-refractivity contribution in [2.45, 2.75) is 26.9 Å². The van der Waals surface area contributed by atoms with Crippen molar-refractivity contribution in [1.29, 1.82) is 0 Å². The number of aryl methyl sites for hydroxylation is 3. The van der Waals surface area contributed by atoms with Gasteiger partial charge in [-0.1, -0.05) is 0 Å². The number of rotatable bonds is 4. The minimum absolute atomic E-state index is 0. The molecule has 0 spiro atoms. The van der Waals surface area contributed by atoms with Crippen LogP contribution in [0.2, 0.25) is 0 Å². The number of nitrogens with one attached hydrogen (secondary N) is 2. The van der Waals surface area contributed by atoms with Gasteiger partial charge in [-0.25, -0.2) is 9.97 Å². The fraction of sp³-hybridized carbons (Fsp3) is 0.462. The van der Waals surface area contributed by atoms with E-state index in [2.05, 4.69) is 25.6 Å². The monoisotopic (exact) mass is 420 g/mol. The molecule has 2 aromatic heterocycles. The van der Waals surface area contributed by atoms with Crippen molar-refractivity contribution in [3.8, 4) is 0 Å². The molecule has 0 saturated carbocycles. The van der Waals surface area contributed by atoms with E-state index < -0.39 is 0 Å². The molecule has 0 aliphatic carbocycles. The number of aliphatic imine (C=N–C) groups is 1. The summed E-state index contributed by atoms with van der Waals surface area (Å²) < 4.78 is 1.98. The van der Waals surface area contributed by atoms with Crippen LogP contribution in [0.1, 0.15) is 21.4 Å². The average Bonchev–Trinajstić information content (AvgIpc) is 2.96. The third-order valence-electron chi connectivity index (χ3n) is 2.97. The summed E-state index contributed by atoms with van der Waals surface area (Å²) in [4.78, 5) is 14.1. The fourth-order valence-corrected chi connectivity index (χ4v) is 2.73. The molecule has 6 nitrogen and oxygen atoms in total. The van der Waals surface area contributed by atoms with E-state index in [1.165, 1.54) is 4.88 Å². The lowest BCUT2D eigenvalue weighted by atomic mass is 10.4. The van der Waals surface area contributed by atoms with Gasteiger partial charge >= 0.3 is 0 Å². The zero-order chi connectivity index (χ0) is 14.5. The number of thiazole rings is 1. The van der Waals surface area contributed by atoms with Gasteiger partial charge in [0.05, 0.1) is 23.8 Å². The Kier molecular flexibility index (Phi) is 7.09. The van der Waals surface area contributed by atoms with E-state index in [-0.39, 0.29) is 24.0 Å². The molecular formula is C13H21IN6S. The molecule has 0 aliphatic rings. The van der Waals surface area contributed by atoms with Crippen molar-refractivity contribution < 1.29 is 0 Å². The molecule has 0 amide bonds. The van der Waals surface area contributed by atoms with Crippen molar-refractivity contribution in [3.05, 3.63) is 33.8 Å². The Morgan fingerprint density at radius 1 is 1.33 bits per heavy atom. The summed E-state index contributed by atoms with van der Waals surface area (Å²) in [5, 5.41) is 7.64. The summed E-state index contributed by atoms with van der Waals surface area (Å²) in [6, 6.07) is 0. The second-order valence-corrected chi connectivity index (χ2v) is 5.76. The zero-order valence-electron chi connectivity index (χ0n) is 12.7. The van der Waals surface area contributed by atoms with E-state index in [0.29, 0.717) is 6.54 Å². The third-order valence-corrected chi connectivity index (χ3v) is 4.05. The summed E-state index contributed by atoms with van der Waals surface area (Å²) in [7, 11) is 3.74. The number of hydrogen-bond acceptors (Lipinski definition) is 4.